The summed E-state index contributed by atoms with van der Waals surface area (Å²) in [5.41, 5.74) is 1.01. The van der Waals surface area contributed by atoms with Gasteiger partial charge >= 0.3 is 0 Å². The van der Waals surface area contributed by atoms with E-state index in [1.54, 1.807) is 6.07 Å². The predicted octanol–water partition coefficient (Wildman–Crippen LogP) is 5.62. The van der Waals surface area contributed by atoms with E-state index in [2.05, 4.69) is 28.6 Å². The number of piperazine rings is 2. The van der Waals surface area contributed by atoms with Crippen molar-refractivity contribution in [3.63, 3.8) is 0 Å². The van der Waals surface area contributed by atoms with Crippen LogP contribution >= 0.6 is 35.0 Å². The van der Waals surface area contributed by atoms with E-state index < -0.39 is 0 Å². The minimum atomic E-state index is 0.0596. The lowest BCUT2D eigenvalue weighted by molar-refractivity contribution is -0.133. The molecular weight excluding hydrogens is 567 g/mol. The fraction of sp³-hybridized carbons (Fsp3) is 0.586. The molecule has 1 aromatic heterocycles. The highest BCUT2D eigenvalue weighted by atomic mass is 35.5. The van der Waals surface area contributed by atoms with E-state index in [4.69, 9.17) is 28.2 Å². The third-order valence-corrected chi connectivity index (χ3v) is 8.92. The Bertz CT molecular complexity index is 1150. The largest absolute Gasteiger partial charge is 0.367 e. The molecule has 2 aliphatic heterocycles. The van der Waals surface area contributed by atoms with Crippen molar-refractivity contribution in [2.24, 2.45) is 0 Å². The summed E-state index contributed by atoms with van der Waals surface area (Å²) in [4.78, 5) is 43.1. The summed E-state index contributed by atoms with van der Waals surface area (Å²) >= 11 is 14.0. The van der Waals surface area contributed by atoms with Crippen LogP contribution < -0.4 is 9.80 Å². The highest BCUT2D eigenvalue weighted by Crippen LogP contribution is 2.27. The summed E-state index contributed by atoms with van der Waals surface area (Å²) < 4.78 is 0. The lowest BCUT2D eigenvalue weighted by atomic mass is 10.1. The first-order valence-corrected chi connectivity index (χ1v) is 16.1. The number of amides is 2. The third kappa shape index (κ3) is 8.40. The van der Waals surface area contributed by atoms with Crippen LogP contribution in [0.4, 0.5) is 11.5 Å². The van der Waals surface area contributed by atoms with Gasteiger partial charge in [-0.3, -0.25) is 9.59 Å². The Hall–Kier alpha value is -2.23. The van der Waals surface area contributed by atoms with Gasteiger partial charge in [-0.05, 0) is 25.5 Å². The van der Waals surface area contributed by atoms with Crippen molar-refractivity contribution in [3.05, 3.63) is 40.5 Å². The molecule has 1 aromatic carbocycles. The van der Waals surface area contributed by atoms with Crippen molar-refractivity contribution in [1.29, 1.82) is 0 Å². The molecule has 0 aliphatic carbocycles. The molecule has 11 heteroatoms. The van der Waals surface area contributed by atoms with Crippen LogP contribution in [0.25, 0.3) is 0 Å². The summed E-state index contributed by atoms with van der Waals surface area (Å²) in [5.74, 6) is 1.29. The van der Waals surface area contributed by atoms with Crippen LogP contribution in [0.15, 0.2) is 35.5 Å². The first-order valence-electron chi connectivity index (χ1n) is 14.3. The topological polar surface area (TPSA) is 72.9 Å². The summed E-state index contributed by atoms with van der Waals surface area (Å²) in [6.07, 6.45) is 6.35. The van der Waals surface area contributed by atoms with Gasteiger partial charge < -0.3 is 19.6 Å². The Kier molecular flexibility index (Phi) is 11.6. The van der Waals surface area contributed by atoms with E-state index >= 15 is 0 Å². The Labute approximate surface area is 252 Å². The third-order valence-electron chi connectivity index (χ3n) is 7.58. The maximum Gasteiger partial charge on any atom is 0.233 e. The van der Waals surface area contributed by atoms with Gasteiger partial charge in [0.25, 0.3) is 0 Å². The molecule has 2 aromatic rings. The number of nitrogens with zero attached hydrogens (tertiary/aromatic N) is 6. The van der Waals surface area contributed by atoms with E-state index in [1.165, 1.54) is 31.0 Å². The molecule has 0 N–H and O–H groups in total. The second-order valence-corrected chi connectivity index (χ2v) is 12.2. The van der Waals surface area contributed by atoms with Gasteiger partial charge in [0, 0.05) is 64.3 Å². The van der Waals surface area contributed by atoms with Gasteiger partial charge in [0.1, 0.15) is 11.0 Å². The van der Waals surface area contributed by atoms with Gasteiger partial charge in [-0.15, -0.1) is 0 Å². The van der Waals surface area contributed by atoms with Crippen LogP contribution in [0.3, 0.4) is 0 Å². The van der Waals surface area contributed by atoms with Gasteiger partial charge in [0.05, 0.1) is 16.5 Å². The standard InChI is InChI=1S/C29H40Cl2N6O2S/c1-3-4-5-6-7-12-27(38)37-18-17-36(20-22(37)2)26-19-25(31)32-29(33-26)40-21-28(39)35-15-13-34(14-16-35)24-11-9-8-10-23(24)30/h8-11,19,22H,3-7,12-18,20-21H2,1-2H3. The average Bonchev–Trinajstić information content (AvgIpc) is 2.95. The van der Waals surface area contributed by atoms with E-state index in [0.717, 1.165) is 42.5 Å². The number of halogens is 2. The number of para-hydroxylation sites is 1. The van der Waals surface area contributed by atoms with Crippen molar-refractivity contribution in [2.75, 3.05) is 61.4 Å². The monoisotopic (exact) mass is 606 g/mol. The number of anilines is 2. The zero-order valence-electron chi connectivity index (χ0n) is 23.5. The molecule has 2 saturated heterocycles. The first kappa shape index (κ1) is 30.7. The van der Waals surface area contributed by atoms with E-state index in [1.807, 2.05) is 34.1 Å². The molecule has 1 unspecified atom stereocenters. The van der Waals surface area contributed by atoms with E-state index in [-0.39, 0.29) is 23.6 Å². The second-order valence-electron chi connectivity index (χ2n) is 10.5. The number of hydrogen-bond acceptors (Lipinski definition) is 7. The Morgan fingerprint density at radius 1 is 0.925 bits per heavy atom. The number of hydrogen-bond donors (Lipinski definition) is 0. The average molecular weight is 608 g/mol. The van der Waals surface area contributed by atoms with Crippen molar-refractivity contribution >= 4 is 58.3 Å². The van der Waals surface area contributed by atoms with Crippen LogP contribution in [0.2, 0.25) is 10.2 Å². The van der Waals surface area contributed by atoms with Gasteiger partial charge in [-0.25, -0.2) is 9.97 Å². The maximum atomic E-state index is 12.9. The molecule has 2 aliphatic rings. The minimum absolute atomic E-state index is 0.0596. The second kappa shape index (κ2) is 15.1. The van der Waals surface area contributed by atoms with Crippen molar-refractivity contribution in [3.8, 4) is 0 Å². The number of rotatable bonds is 11. The normalized spacial score (nSPS) is 17.9. The molecule has 0 saturated carbocycles. The van der Waals surface area contributed by atoms with Gasteiger partial charge in [0.2, 0.25) is 11.8 Å². The summed E-state index contributed by atoms with van der Waals surface area (Å²) in [6, 6.07) is 9.65. The Morgan fingerprint density at radius 2 is 1.65 bits per heavy atom. The minimum Gasteiger partial charge on any atom is -0.367 e. The van der Waals surface area contributed by atoms with Crippen LogP contribution in [0.1, 0.15) is 52.4 Å². The molecular formula is C29H40Cl2N6O2S. The van der Waals surface area contributed by atoms with Crippen LogP contribution in [0.5, 0.6) is 0 Å². The lowest BCUT2D eigenvalue weighted by Gasteiger charge is -2.40. The molecule has 0 spiro atoms. The van der Waals surface area contributed by atoms with Crippen molar-refractivity contribution in [1.82, 2.24) is 19.8 Å². The lowest BCUT2D eigenvalue weighted by Crippen LogP contribution is -2.54. The first-order chi connectivity index (χ1) is 19.4. The van der Waals surface area contributed by atoms with Crippen molar-refractivity contribution < 1.29 is 9.59 Å². The fourth-order valence-electron chi connectivity index (χ4n) is 5.29. The van der Waals surface area contributed by atoms with Gasteiger partial charge in [-0.1, -0.05) is 79.7 Å². The number of aromatic nitrogens is 2. The van der Waals surface area contributed by atoms with Gasteiger partial charge in [0.15, 0.2) is 5.16 Å². The van der Waals surface area contributed by atoms with Crippen LogP contribution in [-0.2, 0) is 9.59 Å². The number of thioether (sulfide) groups is 1. The van der Waals surface area contributed by atoms with Crippen LogP contribution in [-0.4, -0.2) is 89.2 Å². The molecule has 3 heterocycles. The highest BCUT2D eigenvalue weighted by molar-refractivity contribution is 7.99. The number of carbonyl (C=O) groups is 2. The van der Waals surface area contributed by atoms with E-state index in [9.17, 15) is 9.59 Å². The molecule has 2 amide bonds. The zero-order valence-corrected chi connectivity index (χ0v) is 25.9. The molecule has 1 atom stereocenters. The number of benzene rings is 1. The Morgan fingerprint density at radius 3 is 2.38 bits per heavy atom. The molecule has 40 heavy (non-hydrogen) atoms. The van der Waals surface area contributed by atoms with Crippen molar-refractivity contribution in [2.45, 2.75) is 63.6 Å². The summed E-state index contributed by atoms with van der Waals surface area (Å²) in [7, 11) is 0. The maximum absolute atomic E-state index is 12.9. The quantitative estimate of drug-likeness (QED) is 0.142. The SMILES string of the molecule is CCCCCCCC(=O)N1CCN(c2cc(Cl)nc(SCC(=O)N3CCN(c4ccccc4Cl)CC3)n2)CC1C. The zero-order chi connectivity index (χ0) is 28.5. The fourth-order valence-corrected chi connectivity index (χ4v) is 6.53. The molecule has 4 rings (SSSR count). The molecule has 0 bridgehead atoms. The predicted molar refractivity (Wildman–Crippen MR) is 165 cm³/mol. The Balaban J connectivity index is 1.25. The van der Waals surface area contributed by atoms with E-state index in [0.29, 0.717) is 49.5 Å². The number of unbranched alkanes of at least 4 members (excludes halogenated alkanes) is 4. The smallest absolute Gasteiger partial charge is 0.233 e. The van der Waals surface area contributed by atoms with Gasteiger partial charge in [-0.2, -0.15) is 0 Å². The highest BCUT2D eigenvalue weighted by Gasteiger charge is 2.28. The molecule has 218 valence electrons. The molecule has 2 fully saturated rings. The molecule has 0 radical (unpaired) electrons. The summed E-state index contributed by atoms with van der Waals surface area (Å²) in [5, 5.41) is 1.57. The summed E-state index contributed by atoms with van der Waals surface area (Å²) in [6.45, 7) is 9.10. The molecule has 8 nitrogen and oxygen atoms in total. The number of carbonyl (C=O) groups excluding carboxylic acids is 2. The van der Waals surface area contributed by atoms with Crippen LogP contribution in [0, 0.1) is 0 Å².